The molecule has 1 heterocycles. The maximum absolute atomic E-state index is 6.37. The average Bonchev–Trinajstić information content (AvgIpc) is 2.24. The topological polar surface area (TPSA) is 29.3 Å². The minimum atomic E-state index is 0.227. The lowest BCUT2D eigenvalue weighted by atomic mass is 9.57. The Morgan fingerprint density at radius 3 is 2.00 bits per heavy atom. The van der Waals surface area contributed by atoms with Gasteiger partial charge in [0.25, 0.3) is 0 Å². The SMILES string of the molecule is CC1CCN(C2(CN)CC(C)(C)CC(C)(C)C2)C(C)C1. The minimum Gasteiger partial charge on any atom is -0.329 e. The Hall–Kier alpha value is -0.0800. The van der Waals surface area contributed by atoms with Crippen molar-refractivity contribution >= 4 is 0 Å². The van der Waals surface area contributed by atoms with Crippen molar-refractivity contribution in [3.63, 3.8) is 0 Å². The lowest BCUT2D eigenvalue weighted by molar-refractivity contribution is -0.0756. The van der Waals surface area contributed by atoms with Gasteiger partial charge in [-0.1, -0.05) is 34.6 Å². The highest BCUT2D eigenvalue weighted by molar-refractivity contribution is 5.06. The summed E-state index contributed by atoms with van der Waals surface area (Å²) in [4.78, 5) is 2.79. The zero-order chi connectivity index (χ0) is 15.2. The van der Waals surface area contributed by atoms with Crippen molar-refractivity contribution < 1.29 is 0 Å². The van der Waals surface area contributed by atoms with E-state index in [1.165, 1.54) is 38.6 Å². The Labute approximate surface area is 126 Å². The van der Waals surface area contributed by atoms with E-state index in [1.54, 1.807) is 0 Å². The van der Waals surface area contributed by atoms with Crippen molar-refractivity contribution in [1.29, 1.82) is 0 Å². The molecule has 1 saturated heterocycles. The van der Waals surface area contributed by atoms with Crippen LogP contribution in [0.3, 0.4) is 0 Å². The Bertz CT molecular complexity index is 329. The average molecular weight is 280 g/mol. The van der Waals surface area contributed by atoms with Gasteiger partial charge in [-0.25, -0.2) is 0 Å². The second-order valence-electron chi connectivity index (χ2n) is 9.46. The summed E-state index contributed by atoms with van der Waals surface area (Å²) in [5, 5.41) is 0. The summed E-state index contributed by atoms with van der Waals surface area (Å²) in [6, 6.07) is 0.687. The number of nitrogens with zero attached hydrogens (tertiary/aromatic N) is 1. The molecule has 0 bridgehead atoms. The van der Waals surface area contributed by atoms with Crippen molar-refractivity contribution in [3.05, 3.63) is 0 Å². The largest absolute Gasteiger partial charge is 0.329 e. The predicted octanol–water partition coefficient (Wildman–Crippen LogP) is 4.04. The molecule has 2 rings (SSSR count). The molecule has 20 heavy (non-hydrogen) atoms. The molecule has 0 radical (unpaired) electrons. The quantitative estimate of drug-likeness (QED) is 0.827. The van der Waals surface area contributed by atoms with Crippen molar-refractivity contribution in [3.8, 4) is 0 Å². The monoisotopic (exact) mass is 280 g/mol. The molecule has 2 fully saturated rings. The van der Waals surface area contributed by atoms with Crippen molar-refractivity contribution in [2.45, 2.75) is 85.2 Å². The van der Waals surface area contributed by atoms with Crippen LogP contribution in [-0.4, -0.2) is 29.6 Å². The molecule has 0 spiro atoms. The predicted molar refractivity (Wildman–Crippen MR) is 87.8 cm³/mol. The van der Waals surface area contributed by atoms with Gasteiger partial charge in [0.2, 0.25) is 0 Å². The molecular formula is C18H36N2. The van der Waals surface area contributed by atoms with E-state index < -0.39 is 0 Å². The highest BCUT2D eigenvalue weighted by Crippen LogP contribution is 2.53. The maximum atomic E-state index is 6.37. The van der Waals surface area contributed by atoms with E-state index in [-0.39, 0.29) is 5.54 Å². The van der Waals surface area contributed by atoms with E-state index in [2.05, 4.69) is 46.4 Å². The molecule has 2 unspecified atom stereocenters. The molecule has 0 amide bonds. The van der Waals surface area contributed by atoms with Crippen molar-refractivity contribution in [2.24, 2.45) is 22.5 Å². The zero-order valence-electron chi connectivity index (χ0n) is 14.6. The molecule has 2 atom stereocenters. The van der Waals surface area contributed by atoms with Crippen LogP contribution in [0.2, 0.25) is 0 Å². The first-order valence-electron chi connectivity index (χ1n) is 8.56. The van der Waals surface area contributed by atoms with Gasteiger partial charge >= 0.3 is 0 Å². The summed E-state index contributed by atoms with van der Waals surface area (Å²) in [5.74, 6) is 0.876. The molecule has 2 aliphatic rings. The normalized spacial score (nSPS) is 36.8. The fraction of sp³-hybridized carbons (Fsp3) is 1.00. The third-order valence-electron chi connectivity index (χ3n) is 5.70. The summed E-state index contributed by atoms with van der Waals surface area (Å²) in [6.45, 7) is 16.6. The van der Waals surface area contributed by atoms with Crippen LogP contribution < -0.4 is 5.73 Å². The molecule has 1 saturated carbocycles. The summed E-state index contributed by atoms with van der Waals surface area (Å²) in [7, 11) is 0. The van der Waals surface area contributed by atoms with Crippen LogP contribution in [0.4, 0.5) is 0 Å². The van der Waals surface area contributed by atoms with E-state index in [0.29, 0.717) is 16.9 Å². The van der Waals surface area contributed by atoms with Gasteiger partial charge in [-0.2, -0.15) is 0 Å². The molecule has 118 valence electrons. The zero-order valence-corrected chi connectivity index (χ0v) is 14.6. The Balaban J connectivity index is 2.28. The minimum absolute atomic E-state index is 0.227. The van der Waals surface area contributed by atoms with E-state index in [4.69, 9.17) is 5.73 Å². The molecule has 1 aliphatic carbocycles. The molecule has 2 heteroatoms. The van der Waals surface area contributed by atoms with Gasteiger partial charge in [0.1, 0.15) is 0 Å². The molecule has 2 N–H and O–H groups in total. The summed E-state index contributed by atoms with van der Waals surface area (Å²) in [6.07, 6.45) is 6.52. The Morgan fingerprint density at radius 2 is 1.55 bits per heavy atom. The number of nitrogens with two attached hydrogens (primary N) is 1. The molecule has 2 nitrogen and oxygen atoms in total. The van der Waals surface area contributed by atoms with E-state index in [1.807, 2.05) is 0 Å². The van der Waals surface area contributed by atoms with Gasteiger partial charge in [0.15, 0.2) is 0 Å². The number of rotatable bonds is 2. The smallest absolute Gasteiger partial charge is 0.0344 e. The first-order valence-corrected chi connectivity index (χ1v) is 8.56. The van der Waals surface area contributed by atoms with Crippen LogP contribution in [0.15, 0.2) is 0 Å². The molecular weight excluding hydrogens is 244 g/mol. The standard InChI is InChI=1S/C18H36N2/c1-14-7-8-20(15(2)9-14)18(13-19)11-16(3,4)10-17(5,6)12-18/h14-15H,7-13,19H2,1-6H3. The van der Waals surface area contributed by atoms with Crippen LogP contribution in [0.5, 0.6) is 0 Å². The molecule has 0 aromatic heterocycles. The molecule has 0 aromatic rings. The van der Waals surface area contributed by atoms with Gasteiger partial charge in [0, 0.05) is 18.1 Å². The third kappa shape index (κ3) is 3.22. The summed E-state index contributed by atoms with van der Waals surface area (Å²) < 4.78 is 0. The van der Waals surface area contributed by atoms with Crippen LogP contribution >= 0.6 is 0 Å². The molecule has 1 aliphatic heterocycles. The third-order valence-corrected chi connectivity index (χ3v) is 5.70. The molecule has 0 aromatic carbocycles. The van der Waals surface area contributed by atoms with Crippen LogP contribution in [0.25, 0.3) is 0 Å². The fourth-order valence-electron chi connectivity index (χ4n) is 5.84. The van der Waals surface area contributed by atoms with Crippen molar-refractivity contribution in [2.75, 3.05) is 13.1 Å². The Morgan fingerprint density at radius 1 is 1.00 bits per heavy atom. The Kier molecular flexibility index (Phi) is 4.30. The maximum Gasteiger partial charge on any atom is 0.0344 e. The van der Waals surface area contributed by atoms with Crippen LogP contribution in [0.1, 0.15) is 73.6 Å². The number of hydrogen-bond donors (Lipinski definition) is 1. The van der Waals surface area contributed by atoms with Gasteiger partial charge in [0.05, 0.1) is 0 Å². The highest BCUT2D eigenvalue weighted by Gasteiger charge is 2.51. The number of hydrogen-bond acceptors (Lipinski definition) is 2. The number of piperidine rings is 1. The van der Waals surface area contributed by atoms with Gasteiger partial charge in [-0.3, -0.25) is 4.90 Å². The number of likely N-dealkylation sites (tertiary alicyclic amines) is 1. The second kappa shape index (κ2) is 5.28. The van der Waals surface area contributed by atoms with Gasteiger partial charge < -0.3 is 5.73 Å². The first kappa shape index (κ1) is 16.3. The van der Waals surface area contributed by atoms with Crippen LogP contribution in [-0.2, 0) is 0 Å². The lowest BCUT2D eigenvalue weighted by Crippen LogP contribution is -2.64. The van der Waals surface area contributed by atoms with Crippen molar-refractivity contribution in [1.82, 2.24) is 4.90 Å². The fourth-order valence-corrected chi connectivity index (χ4v) is 5.84. The lowest BCUT2D eigenvalue weighted by Gasteiger charge is -2.59. The summed E-state index contributed by atoms with van der Waals surface area (Å²) in [5.41, 5.74) is 7.41. The van der Waals surface area contributed by atoms with E-state index >= 15 is 0 Å². The van der Waals surface area contributed by atoms with E-state index in [0.717, 1.165) is 12.5 Å². The van der Waals surface area contributed by atoms with Gasteiger partial charge in [-0.05, 0) is 62.3 Å². The van der Waals surface area contributed by atoms with Gasteiger partial charge in [-0.15, -0.1) is 0 Å². The highest BCUT2D eigenvalue weighted by atomic mass is 15.2. The second-order valence-corrected chi connectivity index (χ2v) is 9.46. The van der Waals surface area contributed by atoms with Crippen LogP contribution in [0, 0.1) is 16.7 Å². The summed E-state index contributed by atoms with van der Waals surface area (Å²) >= 11 is 0. The van der Waals surface area contributed by atoms with E-state index in [9.17, 15) is 0 Å². The first-order chi connectivity index (χ1) is 9.09.